The molecule has 3 aromatic carbocycles. The van der Waals surface area contributed by atoms with Crippen LogP contribution in [0.1, 0.15) is 11.1 Å². The lowest BCUT2D eigenvalue weighted by Gasteiger charge is -2.10. The molecule has 0 saturated carbocycles. The predicted molar refractivity (Wildman–Crippen MR) is 93.9 cm³/mol. The van der Waals surface area contributed by atoms with Crippen molar-refractivity contribution in [2.24, 2.45) is 0 Å². The van der Waals surface area contributed by atoms with E-state index in [1.165, 1.54) is 10.8 Å². The Kier molecular flexibility index (Phi) is 3.57. The fourth-order valence-corrected chi connectivity index (χ4v) is 2.45. The summed E-state index contributed by atoms with van der Waals surface area (Å²) in [5, 5.41) is 5.92. The lowest BCUT2D eigenvalue weighted by molar-refractivity contribution is 1.54. The highest BCUT2D eigenvalue weighted by molar-refractivity contribution is 5.86. The van der Waals surface area contributed by atoms with E-state index in [1.807, 2.05) is 18.2 Å². The maximum absolute atomic E-state index is 3.85. The van der Waals surface area contributed by atoms with Crippen molar-refractivity contribution in [2.75, 3.05) is 5.32 Å². The summed E-state index contributed by atoms with van der Waals surface area (Å²) in [6.45, 7) is 7.67. The number of hydrogen-bond acceptors (Lipinski definition) is 1. The minimum atomic E-state index is 1.05. The van der Waals surface area contributed by atoms with Crippen molar-refractivity contribution in [3.8, 4) is 0 Å². The first-order chi connectivity index (χ1) is 10.3. The van der Waals surface area contributed by atoms with Crippen LogP contribution in [0.5, 0.6) is 0 Å². The van der Waals surface area contributed by atoms with Crippen LogP contribution in [0, 0.1) is 0 Å². The second-order valence-corrected chi connectivity index (χ2v) is 4.94. The number of nitrogens with one attached hydrogen (secondary N) is 1. The van der Waals surface area contributed by atoms with Crippen molar-refractivity contribution < 1.29 is 0 Å². The number of rotatable bonds is 4. The van der Waals surface area contributed by atoms with Crippen LogP contribution in [0.2, 0.25) is 0 Å². The van der Waals surface area contributed by atoms with Gasteiger partial charge in [-0.05, 0) is 46.2 Å². The molecule has 0 saturated heterocycles. The van der Waals surface area contributed by atoms with Gasteiger partial charge in [-0.1, -0.05) is 61.7 Å². The highest BCUT2D eigenvalue weighted by atomic mass is 14.9. The molecular formula is C20H17N. The first-order valence-corrected chi connectivity index (χ1v) is 6.95. The van der Waals surface area contributed by atoms with Crippen LogP contribution < -0.4 is 5.32 Å². The Morgan fingerprint density at radius 3 is 2.10 bits per heavy atom. The molecule has 0 unspecified atom stereocenters. The molecule has 0 aliphatic heterocycles. The number of anilines is 2. The van der Waals surface area contributed by atoms with Gasteiger partial charge in [0.15, 0.2) is 0 Å². The molecule has 1 N–H and O–H groups in total. The third-order valence-electron chi connectivity index (χ3n) is 3.56. The average Bonchev–Trinajstić information content (AvgIpc) is 2.54. The molecule has 0 aliphatic rings. The summed E-state index contributed by atoms with van der Waals surface area (Å²) in [7, 11) is 0. The van der Waals surface area contributed by atoms with Crippen LogP contribution in [0.4, 0.5) is 11.4 Å². The van der Waals surface area contributed by atoms with Crippen molar-refractivity contribution in [1.82, 2.24) is 0 Å². The van der Waals surface area contributed by atoms with Crippen molar-refractivity contribution in [3.05, 3.63) is 84.9 Å². The maximum atomic E-state index is 3.85. The van der Waals surface area contributed by atoms with Gasteiger partial charge in [-0.3, -0.25) is 0 Å². The Morgan fingerprint density at radius 1 is 0.667 bits per heavy atom. The Hall–Kier alpha value is -2.80. The van der Waals surface area contributed by atoms with Crippen LogP contribution in [0.25, 0.3) is 22.9 Å². The van der Waals surface area contributed by atoms with Crippen molar-refractivity contribution in [2.45, 2.75) is 0 Å². The Bertz CT molecular complexity index is 815. The summed E-state index contributed by atoms with van der Waals surface area (Å²) in [5.41, 5.74) is 4.30. The van der Waals surface area contributed by atoms with Gasteiger partial charge in [-0.25, -0.2) is 0 Å². The van der Waals surface area contributed by atoms with Crippen molar-refractivity contribution >= 4 is 34.3 Å². The number of benzene rings is 3. The molecular weight excluding hydrogens is 254 g/mol. The lowest BCUT2D eigenvalue weighted by Crippen LogP contribution is -1.92. The molecule has 3 rings (SSSR count). The van der Waals surface area contributed by atoms with Gasteiger partial charge in [-0.15, -0.1) is 0 Å². The third-order valence-corrected chi connectivity index (χ3v) is 3.56. The zero-order valence-electron chi connectivity index (χ0n) is 11.8. The highest BCUT2D eigenvalue weighted by Gasteiger charge is 2.00. The quantitative estimate of drug-likeness (QED) is 0.625. The van der Waals surface area contributed by atoms with Gasteiger partial charge in [-0.2, -0.15) is 0 Å². The van der Waals surface area contributed by atoms with Crippen LogP contribution >= 0.6 is 0 Å². The van der Waals surface area contributed by atoms with Crippen molar-refractivity contribution in [1.29, 1.82) is 0 Å². The minimum absolute atomic E-state index is 1.05. The van der Waals surface area contributed by atoms with E-state index in [1.54, 1.807) is 0 Å². The summed E-state index contributed by atoms with van der Waals surface area (Å²) in [6.07, 6.45) is 3.69. The summed E-state index contributed by atoms with van der Waals surface area (Å²) in [4.78, 5) is 0. The normalized spacial score (nSPS) is 10.3. The molecule has 1 nitrogen and oxygen atoms in total. The highest BCUT2D eigenvalue weighted by Crippen LogP contribution is 2.24. The molecule has 102 valence electrons. The summed E-state index contributed by atoms with van der Waals surface area (Å²) >= 11 is 0. The summed E-state index contributed by atoms with van der Waals surface area (Å²) < 4.78 is 0. The van der Waals surface area contributed by atoms with Crippen LogP contribution in [0.15, 0.2) is 73.8 Å². The fourth-order valence-electron chi connectivity index (χ4n) is 2.45. The minimum Gasteiger partial charge on any atom is -0.355 e. The van der Waals surface area contributed by atoms with E-state index in [0.717, 1.165) is 22.5 Å². The van der Waals surface area contributed by atoms with Gasteiger partial charge in [0.05, 0.1) is 0 Å². The molecule has 0 fully saturated rings. The summed E-state index contributed by atoms with van der Waals surface area (Å²) in [6, 6.07) is 20.9. The number of fused-ring (bicyclic) bond motifs is 1. The van der Waals surface area contributed by atoms with Crippen LogP contribution in [0.3, 0.4) is 0 Å². The maximum Gasteiger partial charge on any atom is 0.0390 e. The van der Waals surface area contributed by atoms with Crippen LogP contribution in [-0.2, 0) is 0 Å². The number of hydrogen-bond donors (Lipinski definition) is 1. The molecule has 21 heavy (non-hydrogen) atoms. The van der Waals surface area contributed by atoms with E-state index in [-0.39, 0.29) is 0 Å². The summed E-state index contributed by atoms with van der Waals surface area (Å²) in [5.74, 6) is 0. The monoisotopic (exact) mass is 271 g/mol. The Balaban J connectivity index is 1.94. The van der Waals surface area contributed by atoms with E-state index in [4.69, 9.17) is 0 Å². The second kappa shape index (κ2) is 5.68. The first-order valence-electron chi connectivity index (χ1n) is 6.95. The molecule has 0 aromatic heterocycles. The zero-order chi connectivity index (χ0) is 14.7. The van der Waals surface area contributed by atoms with Gasteiger partial charge in [0.2, 0.25) is 0 Å². The average molecular weight is 271 g/mol. The van der Waals surface area contributed by atoms with E-state index in [0.29, 0.717) is 0 Å². The standard InChI is InChI=1S/C20H17N/c1-3-15-9-11-19(13-16(15)4-2)21-20-12-10-17-7-5-6-8-18(17)14-20/h3-14,21H,1-2H2. The molecule has 1 heteroatoms. The van der Waals surface area contributed by atoms with Gasteiger partial charge in [0.1, 0.15) is 0 Å². The van der Waals surface area contributed by atoms with E-state index in [9.17, 15) is 0 Å². The van der Waals surface area contributed by atoms with E-state index >= 15 is 0 Å². The molecule has 0 bridgehead atoms. The van der Waals surface area contributed by atoms with Crippen LogP contribution in [-0.4, -0.2) is 0 Å². The molecule has 0 aliphatic carbocycles. The lowest BCUT2D eigenvalue weighted by atomic mass is 10.1. The van der Waals surface area contributed by atoms with Gasteiger partial charge in [0, 0.05) is 11.4 Å². The molecule has 0 amide bonds. The molecule has 0 atom stereocenters. The Morgan fingerprint density at radius 2 is 1.33 bits per heavy atom. The molecule has 0 heterocycles. The zero-order valence-corrected chi connectivity index (χ0v) is 11.8. The molecule has 0 radical (unpaired) electrons. The molecule has 0 spiro atoms. The van der Waals surface area contributed by atoms with Gasteiger partial charge < -0.3 is 5.32 Å². The Labute approximate surface area is 125 Å². The first kappa shape index (κ1) is 13.2. The molecule has 3 aromatic rings. The third kappa shape index (κ3) is 2.72. The van der Waals surface area contributed by atoms with E-state index in [2.05, 4.69) is 73.1 Å². The topological polar surface area (TPSA) is 12.0 Å². The largest absolute Gasteiger partial charge is 0.355 e. The second-order valence-electron chi connectivity index (χ2n) is 4.94. The van der Waals surface area contributed by atoms with Crippen molar-refractivity contribution in [3.63, 3.8) is 0 Å². The SMILES string of the molecule is C=Cc1ccc(Nc2ccc3ccccc3c2)cc1C=C. The van der Waals surface area contributed by atoms with Gasteiger partial charge >= 0.3 is 0 Å². The fraction of sp³-hybridized carbons (Fsp3) is 0. The predicted octanol–water partition coefficient (Wildman–Crippen LogP) is 5.87. The van der Waals surface area contributed by atoms with E-state index < -0.39 is 0 Å². The van der Waals surface area contributed by atoms with Gasteiger partial charge in [0.25, 0.3) is 0 Å². The smallest absolute Gasteiger partial charge is 0.0390 e.